The zero-order valence-electron chi connectivity index (χ0n) is 16.5. The highest BCUT2D eigenvalue weighted by Crippen LogP contribution is 2.13. The third-order valence-electron chi connectivity index (χ3n) is 4.02. The van der Waals surface area contributed by atoms with Gasteiger partial charge in [-0.05, 0) is 61.4 Å². The Balaban J connectivity index is 1.74. The predicted octanol–water partition coefficient (Wildman–Crippen LogP) is 2.17. The second kappa shape index (κ2) is 10.0. The fourth-order valence-corrected chi connectivity index (χ4v) is 2.37. The van der Waals surface area contributed by atoms with E-state index in [2.05, 4.69) is 16.0 Å². The van der Waals surface area contributed by atoms with Crippen molar-refractivity contribution in [1.82, 2.24) is 5.32 Å². The average molecular weight is 397 g/mol. The van der Waals surface area contributed by atoms with E-state index in [4.69, 9.17) is 4.74 Å². The van der Waals surface area contributed by atoms with E-state index in [1.807, 2.05) is 19.9 Å². The molecule has 0 saturated heterocycles. The molecule has 2 aromatic rings. The maximum Gasteiger partial charge on any atom is 0.325 e. The van der Waals surface area contributed by atoms with Gasteiger partial charge in [0.25, 0.3) is 11.8 Å². The predicted molar refractivity (Wildman–Crippen MR) is 109 cm³/mol. The van der Waals surface area contributed by atoms with Crippen LogP contribution in [0.5, 0.6) is 0 Å². The van der Waals surface area contributed by atoms with E-state index >= 15 is 0 Å². The van der Waals surface area contributed by atoms with Crippen LogP contribution in [0.15, 0.2) is 42.5 Å². The molecule has 0 bridgehead atoms. The maximum absolute atomic E-state index is 12.1. The molecule has 3 amide bonds. The van der Waals surface area contributed by atoms with Gasteiger partial charge in [0.2, 0.25) is 5.91 Å². The van der Waals surface area contributed by atoms with Crippen molar-refractivity contribution in [3.63, 3.8) is 0 Å². The van der Waals surface area contributed by atoms with E-state index < -0.39 is 24.4 Å². The number of carbonyl (C=O) groups is 4. The van der Waals surface area contributed by atoms with Gasteiger partial charge in [0, 0.05) is 23.9 Å². The first-order valence-corrected chi connectivity index (χ1v) is 8.93. The number of hydrogen-bond donors (Lipinski definition) is 3. The number of hydrogen-bond acceptors (Lipinski definition) is 5. The number of ether oxygens (including phenoxy) is 1. The van der Waals surface area contributed by atoms with E-state index in [1.54, 1.807) is 36.4 Å². The number of carbonyl (C=O) groups excluding carboxylic acids is 4. The molecular weight excluding hydrogens is 374 g/mol. The van der Waals surface area contributed by atoms with Gasteiger partial charge in [-0.15, -0.1) is 0 Å². The van der Waals surface area contributed by atoms with Crippen LogP contribution in [0.25, 0.3) is 0 Å². The quantitative estimate of drug-likeness (QED) is 0.620. The normalized spacial score (nSPS) is 10.0. The van der Waals surface area contributed by atoms with Gasteiger partial charge in [0.1, 0.15) is 6.54 Å². The van der Waals surface area contributed by atoms with Crippen LogP contribution in [0.1, 0.15) is 28.4 Å². The summed E-state index contributed by atoms with van der Waals surface area (Å²) in [4.78, 5) is 46.6. The Kier molecular flexibility index (Phi) is 7.47. The zero-order chi connectivity index (χ0) is 21.4. The summed E-state index contributed by atoms with van der Waals surface area (Å²) >= 11 is 0. The van der Waals surface area contributed by atoms with Crippen LogP contribution in [0.3, 0.4) is 0 Å². The van der Waals surface area contributed by atoms with E-state index in [1.165, 1.54) is 6.92 Å². The summed E-state index contributed by atoms with van der Waals surface area (Å²) in [5.41, 5.74) is 3.57. The zero-order valence-corrected chi connectivity index (χ0v) is 16.5. The lowest BCUT2D eigenvalue weighted by molar-refractivity contribution is -0.146. The lowest BCUT2D eigenvalue weighted by Crippen LogP contribution is -2.32. The minimum Gasteiger partial charge on any atom is -0.454 e. The number of amides is 3. The molecule has 152 valence electrons. The minimum absolute atomic E-state index is 0.196. The molecule has 0 radical (unpaired) electrons. The Labute approximate surface area is 168 Å². The third kappa shape index (κ3) is 7.10. The van der Waals surface area contributed by atoms with E-state index in [9.17, 15) is 19.2 Å². The van der Waals surface area contributed by atoms with Crippen molar-refractivity contribution in [2.75, 3.05) is 23.8 Å². The summed E-state index contributed by atoms with van der Waals surface area (Å²) in [6.07, 6.45) is 0. The minimum atomic E-state index is -0.724. The summed E-state index contributed by atoms with van der Waals surface area (Å²) in [7, 11) is 0. The molecule has 8 heteroatoms. The van der Waals surface area contributed by atoms with Crippen molar-refractivity contribution in [2.45, 2.75) is 20.8 Å². The molecule has 0 unspecified atom stereocenters. The summed E-state index contributed by atoms with van der Waals surface area (Å²) < 4.78 is 4.86. The number of anilines is 2. The summed E-state index contributed by atoms with van der Waals surface area (Å²) in [5, 5.41) is 7.64. The molecular formula is C21H23N3O5. The molecule has 2 aromatic carbocycles. The summed E-state index contributed by atoms with van der Waals surface area (Å²) in [6.45, 7) is 4.41. The largest absolute Gasteiger partial charge is 0.454 e. The van der Waals surface area contributed by atoms with E-state index in [0.717, 1.165) is 11.1 Å². The van der Waals surface area contributed by atoms with Gasteiger partial charge in [-0.2, -0.15) is 0 Å². The summed E-state index contributed by atoms with van der Waals surface area (Å²) in [6, 6.07) is 11.7. The van der Waals surface area contributed by atoms with Crippen LogP contribution in [0, 0.1) is 13.8 Å². The standard InChI is InChI=1S/C21H23N3O5/c1-13-4-5-16(10-14(13)2)21(28)22-11-20(27)29-12-19(26)24-18-8-6-17(7-9-18)23-15(3)25/h4-10H,11-12H2,1-3H3,(H,22,28)(H,23,25)(H,24,26). The third-order valence-corrected chi connectivity index (χ3v) is 4.02. The van der Waals surface area contributed by atoms with Crippen molar-refractivity contribution in [1.29, 1.82) is 0 Å². The van der Waals surface area contributed by atoms with Gasteiger partial charge >= 0.3 is 5.97 Å². The first-order valence-electron chi connectivity index (χ1n) is 8.93. The van der Waals surface area contributed by atoms with Gasteiger partial charge in [-0.3, -0.25) is 19.2 Å². The van der Waals surface area contributed by atoms with E-state index in [0.29, 0.717) is 16.9 Å². The topological polar surface area (TPSA) is 114 Å². The van der Waals surface area contributed by atoms with Crippen molar-refractivity contribution < 1.29 is 23.9 Å². The Morgan fingerprint density at radius 1 is 0.862 bits per heavy atom. The monoisotopic (exact) mass is 397 g/mol. The molecule has 0 aromatic heterocycles. The smallest absolute Gasteiger partial charge is 0.325 e. The second-order valence-corrected chi connectivity index (χ2v) is 6.45. The number of aryl methyl sites for hydroxylation is 2. The highest BCUT2D eigenvalue weighted by atomic mass is 16.5. The van der Waals surface area contributed by atoms with Crippen LogP contribution >= 0.6 is 0 Å². The van der Waals surface area contributed by atoms with E-state index in [-0.39, 0.29) is 12.5 Å². The lowest BCUT2D eigenvalue weighted by Gasteiger charge is -2.09. The van der Waals surface area contributed by atoms with Crippen LogP contribution in [-0.4, -0.2) is 36.8 Å². The van der Waals surface area contributed by atoms with Gasteiger partial charge in [-0.1, -0.05) is 6.07 Å². The fourth-order valence-electron chi connectivity index (χ4n) is 2.37. The highest BCUT2D eigenvalue weighted by molar-refractivity contribution is 5.97. The first kappa shape index (κ1) is 21.6. The number of benzene rings is 2. The number of rotatable bonds is 7. The molecule has 3 N–H and O–H groups in total. The van der Waals surface area contributed by atoms with Crippen LogP contribution in [0.4, 0.5) is 11.4 Å². The molecule has 2 rings (SSSR count). The molecule has 0 aliphatic carbocycles. The Morgan fingerprint density at radius 3 is 2.07 bits per heavy atom. The van der Waals surface area contributed by atoms with Crippen molar-refractivity contribution in [3.05, 3.63) is 59.2 Å². The molecule has 0 fully saturated rings. The molecule has 0 spiro atoms. The molecule has 0 atom stereocenters. The van der Waals surface area contributed by atoms with Crippen LogP contribution in [0.2, 0.25) is 0 Å². The maximum atomic E-state index is 12.1. The molecule has 0 aliphatic heterocycles. The van der Waals surface area contributed by atoms with Crippen LogP contribution < -0.4 is 16.0 Å². The lowest BCUT2D eigenvalue weighted by atomic mass is 10.1. The fraction of sp³-hybridized carbons (Fsp3) is 0.238. The second-order valence-electron chi connectivity index (χ2n) is 6.45. The van der Waals surface area contributed by atoms with Crippen molar-refractivity contribution >= 4 is 35.1 Å². The van der Waals surface area contributed by atoms with Gasteiger partial charge < -0.3 is 20.7 Å². The highest BCUT2D eigenvalue weighted by Gasteiger charge is 2.11. The first-order chi connectivity index (χ1) is 13.7. The van der Waals surface area contributed by atoms with Crippen molar-refractivity contribution in [3.8, 4) is 0 Å². The van der Waals surface area contributed by atoms with Gasteiger partial charge in [0.05, 0.1) is 0 Å². The Bertz CT molecular complexity index is 922. The molecule has 0 saturated carbocycles. The van der Waals surface area contributed by atoms with Crippen LogP contribution in [-0.2, 0) is 19.1 Å². The van der Waals surface area contributed by atoms with Gasteiger partial charge in [0.15, 0.2) is 6.61 Å². The number of esters is 1. The molecule has 29 heavy (non-hydrogen) atoms. The average Bonchev–Trinajstić information content (AvgIpc) is 2.67. The molecule has 8 nitrogen and oxygen atoms in total. The molecule has 0 aliphatic rings. The Morgan fingerprint density at radius 2 is 1.48 bits per heavy atom. The van der Waals surface area contributed by atoms with Gasteiger partial charge in [-0.25, -0.2) is 0 Å². The summed E-state index contributed by atoms with van der Waals surface area (Å²) in [5.74, 6) is -1.84. The Hall–Kier alpha value is -3.68. The van der Waals surface area contributed by atoms with Crippen molar-refractivity contribution in [2.24, 2.45) is 0 Å². The SMILES string of the molecule is CC(=O)Nc1ccc(NC(=O)COC(=O)CNC(=O)c2ccc(C)c(C)c2)cc1. The number of nitrogens with one attached hydrogen (secondary N) is 3. The molecule has 0 heterocycles.